The summed E-state index contributed by atoms with van der Waals surface area (Å²) in [6.07, 6.45) is 7.43. The van der Waals surface area contributed by atoms with Gasteiger partial charge >= 0.3 is 6.03 Å². The predicted molar refractivity (Wildman–Crippen MR) is 190 cm³/mol. The number of aromatic nitrogens is 3. The number of carbonyl (C=O) groups is 2. The highest BCUT2D eigenvalue weighted by Crippen LogP contribution is 2.35. The normalized spacial score (nSPS) is 12.4. The maximum Gasteiger partial charge on any atom is 0.324 e. The number of rotatable bonds is 12. The summed E-state index contributed by atoms with van der Waals surface area (Å²) >= 11 is 1.51. The molecule has 0 spiro atoms. The number of thioether (sulfide) groups is 1. The number of methoxy groups -OCH3 is 1. The summed E-state index contributed by atoms with van der Waals surface area (Å²) in [4.78, 5) is 30.0. The standard InChI is InChI=1S/C36H42N6O4S/c1-24-10-12-26(13-11-24)42-33(21-31(41-42)36(2,3)4)40-35(44)38-29-14-15-30(28-9-7-6-8-27(28)29)46-22-25-16-17-37-32(20-25)39-34(43)23-47-19-18-45-5/h7,9-17,20-21H,6,8,18-19,22-23H2,1-5H3,(H,37,39,43)(H2,38,40,44). The molecule has 0 fully saturated rings. The van der Waals surface area contributed by atoms with Crippen LogP contribution in [0.1, 0.15) is 55.1 Å². The molecule has 0 atom stereocenters. The minimum atomic E-state index is -0.354. The summed E-state index contributed by atoms with van der Waals surface area (Å²) in [5.41, 5.74) is 6.23. The fourth-order valence-corrected chi connectivity index (χ4v) is 5.72. The number of carbonyl (C=O) groups excluding carboxylic acids is 2. The summed E-state index contributed by atoms with van der Waals surface area (Å²) in [7, 11) is 1.64. The first-order valence-electron chi connectivity index (χ1n) is 15.6. The number of amides is 3. The van der Waals surface area contributed by atoms with E-state index in [-0.39, 0.29) is 17.4 Å². The monoisotopic (exact) mass is 654 g/mol. The number of ether oxygens (including phenoxy) is 2. The van der Waals surface area contributed by atoms with Gasteiger partial charge in [-0.2, -0.15) is 5.10 Å². The zero-order chi connectivity index (χ0) is 33.4. The molecule has 0 saturated carbocycles. The Morgan fingerprint density at radius 3 is 2.60 bits per heavy atom. The summed E-state index contributed by atoms with van der Waals surface area (Å²) in [5.74, 6) is 2.75. The maximum atomic E-state index is 13.4. The van der Waals surface area contributed by atoms with Crippen LogP contribution >= 0.6 is 11.8 Å². The molecule has 0 bridgehead atoms. The Labute approximate surface area is 280 Å². The molecule has 3 amide bonds. The van der Waals surface area contributed by atoms with Gasteiger partial charge in [0.2, 0.25) is 5.91 Å². The van der Waals surface area contributed by atoms with Crippen molar-refractivity contribution in [1.29, 1.82) is 0 Å². The van der Waals surface area contributed by atoms with Crippen LogP contribution in [0.4, 0.5) is 22.1 Å². The molecule has 2 aromatic carbocycles. The van der Waals surface area contributed by atoms with E-state index in [1.165, 1.54) is 11.8 Å². The van der Waals surface area contributed by atoms with Gasteiger partial charge in [-0.05, 0) is 67.3 Å². The lowest BCUT2D eigenvalue weighted by atomic mass is 9.92. The van der Waals surface area contributed by atoms with Crippen molar-refractivity contribution in [1.82, 2.24) is 14.8 Å². The number of hydrogen-bond donors (Lipinski definition) is 3. The summed E-state index contributed by atoms with van der Waals surface area (Å²) in [6, 6.07) is 17.0. The smallest absolute Gasteiger partial charge is 0.324 e. The zero-order valence-corrected chi connectivity index (χ0v) is 28.4. The van der Waals surface area contributed by atoms with Crippen molar-refractivity contribution in [3.63, 3.8) is 0 Å². The molecule has 11 heteroatoms. The Hall–Kier alpha value is -4.61. The number of urea groups is 1. The van der Waals surface area contributed by atoms with E-state index in [4.69, 9.17) is 14.6 Å². The Kier molecular flexibility index (Phi) is 11.0. The molecule has 10 nitrogen and oxygen atoms in total. The molecule has 1 aliphatic carbocycles. The highest BCUT2D eigenvalue weighted by Gasteiger charge is 2.22. The van der Waals surface area contributed by atoms with E-state index in [0.717, 1.165) is 57.9 Å². The van der Waals surface area contributed by atoms with Gasteiger partial charge in [0.15, 0.2) is 0 Å². The predicted octanol–water partition coefficient (Wildman–Crippen LogP) is 7.37. The minimum Gasteiger partial charge on any atom is -0.488 e. The second-order valence-corrected chi connectivity index (χ2v) is 13.5. The highest BCUT2D eigenvalue weighted by atomic mass is 32.2. The lowest BCUT2D eigenvalue weighted by molar-refractivity contribution is -0.113. The van der Waals surface area contributed by atoms with Crippen LogP contribution in [0.2, 0.25) is 0 Å². The average Bonchev–Trinajstić information content (AvgIpc) is 3.47. The van der Waals surface area contributed by atoms with Crippen LogP contribution in [0, 0.1) is 6.92 Å². The fraction of sp³-hybridized carbons (Fsp3) is 0.333. The lowest BCUT2D eigenvalue weighted by Crippen LogP contribution is -2.22. The van der Waals surface area contributed by atoms with E-state index in [9.17, 15) is 9.59 Å². The number of nitrogens with zero attached hydrogens (tertiary/aromatic N) is 3. The zero-order valence-electron chi connectivity index (χ0n) is 27.6. The number of aryl methyl sites for hydroxylation is 1. The van der Waals surface area contributed by atoms with Crippen molar-refractivity contribution in [3.8, 4) is 11.4 Å². The summed E-state index contributed by atoms with van der Waals surface area (Å²) in [5, 5.41) is 13.8. The molecule has 5 rings (SSSR count). The molecule has 2 heterocycles. The van der Waals surface area contributed by atoms with Crippen LogP contribution < -0.4 is 20.7 Å². The second kappa shape index (κ2) is 15.3. The number of benzene rings is 2. The number of nitrogens with one attached hydrogen (secondary N) is 3. The fourth-order valence-electron chi connectivity index (χ4n) is 5.04. The van der Waals surface area contributed by atoms with Crippen molar-refractivity contribution in [2.75, 3.05) is 41.2 Å². The molecule has 47 heavy (non-hydrogen) atoms. The third-order valence-corrected chi connectivity index (χ3v) is 8.48. The van der Waals surface area contributed by atoms with Gasteiger partial charge in [-0.25, -0.2) is 14.5 Å². The number of fused-ring (bicyclic) bond motifs is 1. The largest absolute Gasteiger partial charge is 0.488 e. The van der Waals surface area contributed by atoms with Crippen LogP contribution in [0.25, 0.3) is 11.8 Å². The molecule has 246 valence electrons. The van der Waals surface area contributed by atoms with Gasteiger partial charge < -0.3 is 20.1 Å². The van der Waals surface area contributed by atoms with Crippen molar-refractivity contribution in [3.05, 3.63) is 94.8 Å². The topological polar surface area (TPSA) is 119 Å². The first-order chi connectivity index (χ1) is 22.6. The third kappa shape index (κ3) is 9.02. The number of anilines is 3. The Balaban J connectivity index is 1.27. The molecule has 0 saturated heterocycles. The molecular formula is C36H42N6O4S. The van der Waals surface area contributed by atoms with Crippen LogP contribution in [0.15, 0.2) is 66.9 Å². The lowest BCUT2D eigenvalue weighted by Gasteiger charge is -2.20. The van der Waals surface area contributed by atoms with E-state index in [2.05, 4.69) is 47.8 Å². The summed E-state index contributed by atoms with van der Waals surface area (Å²) in [6.45, 7) is 9.22. The number of allylic oxidation sites excluding steroid dienone is 1. The first-order valence-corrected chi connectivity index (χ1v) is 16.8. The third-order valence-electron chi connectivity index (χ3n) is 7.56. The molecule has 3 N–H and O–H groups in total. The van der Waals surface area contributed by atoms with Crippen molar-refractivity contribution >= 4 is 47.1 Å². The average molecular weight is 655 g/mol. The first kappa shape index (κ1) is 33.7. The summed E-state index contributed by atoms with van der Waals surface area (Å²) < 4.78 is 13.1. The van der Waals surface area contributed by atoms with Gasteiger partial charge in [0.25, 0.3) is 0 Å². The van der Waals surface area contributed by atoms with E-state index in [1.807, 2.05) is 67.6 Å². The van der Waals surface area contributed by atoms with Crippen molar-refractivity contribution in [2.24, 2.45) is 0 Å². The molecule has 0 unspecified atom stereocenters. The Morgan fingerprint density at radius 1 is 1.02 bits per heavy atom. The molecule has 2 aromatic heterocycles. The SMILES string of the molecule is COCCSCC(=O)Nc1cc(COc2ccc(NC(=O)Nc3cc(C(C)(C)C)nn3-c3ccc(C)cc3)c3c2C=CCC3)ccn1. The molecule has 0 radical (unpaired) electrons. The Bertz CT molecular complexity index is 1740. The van der Waals surface area contributed by atoms with E-state index < -0.39 is 0 Å². The van der Waals surface area contributed by atoms with Crippen LogP contribution in [-0.4, -0.2) is 51.9 Å². The van der Waals surface area contributed by atoms with E-state index in [0.29, 0.717) is 36.4 Å². The number of pyridine rings is 1. The van der Waals surface area contributed by atoms with Crippen molar-refractivity contribution in [2.45, 2.75) is 52.6 Å². The van der Waals surface area contributed by atoms with Crippen molar-refractivity contribution < 1.29 is 19.1 Å². The number of hydrogen-bond acceptors (Lipinski definition) is 7. The van der Waals surface area contributed by atoms with E-state index in [1.54, 1.807) is 18.0 Å². The molecule has 0 aliphatic heterocycles. The van der Waals surface area contributed by atoms with E-state index >= 15 is 0 Å². The second-order valence-electron chi connectivity index (χ2n) is 12.4. The van der Waals surface area contributed by atoms with Crippen LogP contribution in [0.3, 0.4) is 0 Å². The highest BCUT2D eigenvalue weighted by molar-refractivity contribution is 7.99. The van der Waals surface area contributed by atoms with Gasteiger partial charge in [-0.15, -0.1) is 11.8 Å². The van der Waals surface area contributed by atoms with Gasteiger partial charge in [0, 0.05) is 41.8 Å². The van der Waals surface area contributed by atoms with Gasteiger partial charge in [-0.3, -0.25) is 10.1 Å². The maximum absolute atomic E-state index is 13.4. The van der Waals surface area contributed by atoms with Gasteiger partial charge in [0.05, 0.1) is 23.7 Å². The molecular weight excluding hydrogens is 613 g/mol. The molecule has 4 aromatic rings. The van der Waals surface area contributed by atoms with Gasteiger partial charge in [-0.1, -0.05) is 50.6 Å². The Morgan fingerprint density at radius 2 is 1.83 bits per heavy atom. The van der Waals surface area contributed by atoms with Crippen LogP contribution in [-0.2, 0) is 28.0 Å². The quantitative estimate of drug-likeness (QED) is 0.137. The van der Waals surface area contributed by atoms with Crippen LogP contribution in [0.5, 0.6) is 5.75 Å². The molecule has 1 aliphatic rings. The minimum absolute atomic E-state index is 0.114. The van der Waals surface area contributed by atoms with Gasteiger partial charge in [0.1, 0.15) is 24.0 Å².